The fourth-order valence-corrected chi connectivity index (χ4v) is 2.38. The summed E-state index contributed by atoms with van der Waals surface area (Å²) in [7, 11) is 0. The van der Waals surface area contributed by atoms with Crippen LogP contribution in [-0.2, 0) is 0 Å². The molecule has 0 radical (unpaired) electrons. The molecule has 0 bridgehead atoms. The normalized spacial score (nSPS) is 12.3. The third kappa shape index (κ3) is 5.49. The Balaban J connectivity index is 2.16. The first-order valence-electron chi connectivity index (χ1n) is 7.12. The molecule has 2 aromatic rings. The van der Waals surface area contributed by atoms with Gasteiger partial charge in [0, 0.05) is 23.4 Å². The van der Waals surface area contributed by atoms with Crippen LogP contribution in [0.3, 0.4) is 0 Å². The van der Waals surface area contributed by atoms with Gasteiger partial charge in [-0.25, -0.2) is 0 Å². The van der Waals surface area contributed by atoms with Crippen molar-refractivity contribution in [2.24, 2.45) is 0 Å². The largest absolute Gasteiger partial charge is 0.362 e. The Morgan fingerprint density at radius 2 is 1.80 bits per heavy atom. The summed E-state index contributed by atoms with van der Waals surface area (Å²) in [5.41, 5.74) is 1.75. The van der Waals surface area contributed by atoms with Gasteiger partial charge in [0.2, 0.25) is 3.79 Å². The van der Waals surface area contributed by atoms with Gasteiger partial charge in [-0.05, 0) is 36.8 Å². The number of aryl methyl sites for hydroxylation is 1. The van der Waals surface area contributed by atoms with E-state index in [9.17, 15) is 14.9 Å². The van der Waals surface area contributed by atoms with E-state index in [1.807, 2.05) is 25.1 Å². The topological polar surface area (TPSA) is 84.3 Å². The number of anilines is 1. The standard InChI is InChI=1S/C16H14Cl3N3O3/c1-10-3-2-4-12(9-10)20-15(16(17,18)19)21-14(23)11-5-7-13(8-6-11)22(24)25/h2-9,15,20H,1H3,(H,21,23)/t15-/m0/s1. The van der Waals surface area contributed by atoms with Crippen molar-refractivity contribution in [1.29, 1.82) is 0 Å². The fraction of sp³-hybridized carbons (Fsp3) is 0.188. The second-order valence-corrected chi connectivity index (χ2v) is 7.63. The quantitative estimate of drug-likeness (QED) is 0.335. The van der Waals surface area contributed by atoms with Gasteiger partial charge in [-0.3, -0.25) is 14.9 Å². The van der Waals surface area contributed by atoms with E-state index in [0.29, 0.717) is 5.69 Å². The van der Waals surface area contributed by atoms with Gasteiger partial charge in [0.05, 0.1) is 4.92 Å². The number of non-ortho nitro benzene ring substituents is 1. The zero-order chi connectivity index (χ0) is 18.6. The molecule has 0 aromatic heterocycles. The van der Waals surface area contributed by atoms with E-state index in [1.54, 1.807) is 6.07 Å². The molecule has 0 aliphatic heterocycles. The summed E-state index contributed by atoms with van der Waals surface area (Å²) in [6.45, 7) is 1.91. The lowest BCUT2D eigenvalue weighted by atomic mass is 10.2. The van der Waals surface area contributed by atoms with Crippen molar-refractivity contribution in [3.05, 3.63) is 69.8 Å². The monoisotopic (exact) mass is 401 g/mol. The Hall–Kier alpha value is -2.02. The highest BCUT2D eigenvalue weighted by atomic mass is 35.6. The number of hydrogen-bond donors (Lipinski definition) is 2. The van der Waals surface area contributed by atoms with Gasteiger partial charge in [-0.1, -0.05) is 46.9 Å². The first-order chi connectivity index (χ1) is 11.7. The van der Waals surface area contributed by atoms with Crippen molar-refractivity contribution in [2.75, 3.05) is 5.32 Å². The Morgan fingerprint density at radius 3 is 2.32 bits per heavy atom. The smallest absolute Gasteiger partial charge is 0.269 e. The van der Waals surface area contributed by atoms with E-state index in [2.05, 4.69) is 10.6 Å². The van der Waals surface area contributed by atoms with Crippen LogP contribution in [0, 0.1) is 17.0 Å². The second kappa shape index (κ2) is 7.91. The molecule has 6 nitrogen and oxygen atoms in total. The van der Waals surface area contributed by atoms with Crippen LogP contribution < -0.4 is 10.6 Å². The van der Waals surface area contributed by atoms with Gasteiger partial charge in [0.15, 0.2) is 0 Å². The molecule has 0 spiro atoms. The maximum absolute atomic E-state index is 12.3. The summed E-state index contributed by atoms with van der Waals surface area (Å²) in [6.07, 6.45) is -1.01. The Bertz CT molecular complexity index is 776. The highest BCUT2D eigenvalue weighted by Gasteiger charge is 2.34. The number of rotatable bonds is 5. The van der Waals surface area contributed by atoms with E-state index in [4.69, 9.17) is 34.8 Å². The van der Waals surface area contributed by atoms with Crippen molar-refractivity contribution in [3.8, 4) is 0 Å². The molecule has 2 rings (SSSR count). The molecule has 0 aliphatic rings. The molecule has 1 amide bonds. The van der Waals surface area contributed by atoms with Crippen molar-refractivity contribution < 1.29 is 9.72 Å². The van der Waals surface area contributed by atoms with E-state index in [1.165, 1.54) is 24.3 Å². The number of carbonyl (C=O) groups is 1. The van der Waals surface area contributed by atoms with E-state index >= 15 is 0 Å². The SMILES string of the molecule is Cc1cccc(N[C@@H](NC(=O)c2ccc([N+](=O)[O-])cc2)C(Cl)(Cl)Cl)c1. The molecule has 25 heavy (non-hydrogen) atoms. The summed E-state index contributed by atoms with van der Waals surface area (Å²) < 4.78 is -1.82. The average molecular weight is 403 g/mol. The Morgan fingerprint density at radius 1 is 1.16 bits per heavy atom. The maximum atomic E-state index is 12.3. The molecule has 2 aromatic carbocycles. The average Bonchev–Trinajstić information content (AvgIpc) is 2.53. The number of benzene rings is 2. The lowest BCUT2D eigenvalue weighted by Crippen LogP contribution is -2.49. The molecule has 0 aliphatic carbocycles. The zero-order valence-electron chi connectivity index (χ0n) is 13.0. The van der Waals surface area contributed by atoms with Crippen molar-refractivity contribution >= 4 is 52.1 Å². The summed E-state index contributed by atoms with van der Waals surface area (Å²) in [6, 6.07) is 12.5. The lowest BCUT2D eigenvalue weighted by molar-refractivity contribution is -0.384. The Labute approximate surface area is 159 Å². The number of carbonyl (C=O) groups excluding carboxylic acids is 1. The van der Waals surface area contributed by atoms with Gasteiger partial charge in [0.1, 0.15) is 6.17 Å². The van der Waals surface area contributed by atoms with Gasteiger partial charge >= 0.3 is 0 Å². The summed E-state index contributed by atoms with van der Waals surface area (Å²) in [5, 5.41) is 16.2. The highest BCUT2D eigenvalue weighted by Crippen LogP contribution is 2.31. The molecular formula is C16H14Cl3N3O3. The van der Waals surface area contributed by atoms with Crippen LogP contribution in [0.25, 0.3) is 0 Å². The number of nitrogens with zero attached hydrogens (tertiary/aromatic N) is 1. The molecule has 2 N–H and O–H groups in total. The lowest BCUT2D eigenvalue weighted by Gasteiger charge is -2.27. The molecule has 9 heteroatoms. The minimum absolute atomic E-state index is 0.118. The van der Waals surface area contributed by atoms with Crippen LogP contribution in [-0.4, -0.2) is 20.8 Å². The van der Waals surface area contributed by atoms with Gasteiger partial charge in [0.25, 0.3) is 11.6 Å². The van der Waals surface area contributed by atoms with E-state index in [0.717, 1.165) is 5.56 Å². The van der Waals surface area contributed by atoms with Crippen LogP contribution in [0.1, 0.15) is 15.9 Å². The minimum Gasteiger partial charge on any atom is -0.362 e. The molecule has 1 atom stereocenters. The van der Waals surface area contributed by atoms with Crippen molar-refractivity contribution in [2.45, 2.75) is 16.9 Å². The zero-order valence-corrected chi connectivity index (χ0v) is 15.3. The van der Waals surface area contributed by atoms with Gasteiger partial charge in [-0.2, -0.15) is 0 Å². The van der Waals surface area contributed by atoms with Crippen molar-refractivity contribution in [1.82, 2.24) is 5.32 Å². The third-order valence-corrected chi connectivity index (χ3v) is 3.93. The van der Waals surface area contributed by atoms with Crippen LogP contribution >= 0.6 is 34.8 Å². The van der Waals surface area contributed by atoms with E-state index < -0.39 is 20.8 Å². The summed E-state index contributed by atoms with van der Waals surface area (Å²) in [5.74, 6) is -0.536. The first kappa shape index (κ1) is 19.3. The maximum Gasteiger partial charge on any atom is 0.269 e. The van der Waals surface area contributed by atoms with Crippen LogP contribution in [0.15, 0.2) is 48.5 Å². The number of amides is 1. The third-order valence-electron chi connectivity index (χ3n) is 3.27. The molecule has 0 fully saturated rings. The summed E-state index contributed by atoms with van der Waals surface area (Å²) in [4.78, 5) is 22.5. The van der Waals surface area contributed by atoms with Crippen LogP contribution in [0.5, 0.6) is 0 Å². The van der Waals surface area contributed by atoms with Gasteiger partial charge in [-0.15, -0.1) is 0 Å². The first-order valence-corrected chi connectivity index (χ1v) is 8.25. The predicted octanol–water partition coefficient (Wildman–Crippen LogP) is 4.44. The number of nitro groups is 1. The van der Waals surface area contributed by atoms with Crippen LogP contribution in [0.4, 0.5) is 11.4 Å². The number of alkyl halides is 3. The number of nitro benzene ring substituents is 1. The van der Waals surface area contributed by atoms with Gasteiger partial charge < -0.3 is 10.6 Å². The molecule has 0 unspecified atom stereocenters. The Kier molecular flexibility index (Phi) is 6.11. The molecule has 0 heterocycles. The predicted molar refractivity (Wildman–Crippen MR) is 99.4 cm³/mol. The number of halogens is 3. The van der Waals surface area contributed by atoms with Crippen LogP contribution in [0.2, 0.25) is 0 Å². The molecule has 0 saturated heterocycles. The number of nitrogens with one attached hydrogen (secondary N) is 2. The molecule has 0 saturated carbocycles. The second-order valence-electron chi connectivity index (χ2n) is 5.27. The minimum atomic E-state index is -1.82. The summed E-state index contributed by atoms with van der Waals surface area (Å²) >= 11 is 17.9. The number of hydrogen-bond acceptors (Lipinski definition) is 4. The molecule has 132 valence electrons. The molecular weight excluding hydrogens is 389 g/mol. The fourth-order valence-electron chi connectivity index (χ4n) is 2.05. The van der Waals surface area contributed by atoms with E-state index in [-0.39, 0.29) is 11.3 Å². The highest BCUT2D eigenvalue weighted by molar-refractivity contribution is 6.68. The van der Waals surface area contributed by atoms with Crippen molar-refractivity contribution in [3.63, 3.8) is 0 Å².